The average Bonchev–Trinajstić information content (AvgIpc) is 1.77. The van der Waals surface area contributed by atoms with Gasteiger partial charge in [-0.2, -0.15) is 0 Å². The Morgan fingerprint density at radius 1 is 1.38 bits per heavy atom. The van der Waals surface area contributed by atoms with Crippen molar-refractivity contribution in [3.63, 3.8) is 0 Å². The van der Waals surface area contributed by atoms with Gasteiger partial charge in [0, 0.05) is 11.5 Å². The van der Waals surface area contributed by atoms with Crippen molar-refractivity contribution in [3.05, 3.63) is 0 Å². The van der Waals surface area contributed by atoms with Crippen LogP contribution < -0.4 is 5.73 Å². The fraction of sp³-hybridized carbons (Fsp3) is 1.00. The van der Waals surface area contributed by atoms with Crippen LogP contribution in [0.3, 0.4) is 0 Å². The molecule has 2 atom stereocenters. The summed E-state index contributed by atoms with van der Waals surface area (Å²) in [5, 5.41) is 9.15. The zero-order valence-corrected chi connectivity index (χ0v) is 6.04. The lowest BCUT2D eigenvalue weighted by Crippen LogP contribution is -2.27. The van der Waals surface area contributed by atoms with E-state index in [9.17, 15) is 0 Å². The third kappa shape index (κ3) is 1.85. The molecule has 0 bridgehead atoms. The van der Waals surface area contributed by atoms with E-state index in [4.69, 9.17) is 10.8 Å². The number of thioether (sulfide) groups is 2. The van der Waals surface area contributed by atoms with Gasteiger partial charge in [-0.3, -0.25) is 0 Å². The van der Waals surface area contributed by atoms with Gasteiger partial charge >= 0.3 is 0 Å². The Hall–Kier alpha value is 0.620. The van der Waals surface area contributed by atoms with Gasteiger partial charge in [0.05, 0.1) is 5.37 Å². The highest BCUT2D eigenvalue weighted by Gasteiger charge is 2.15. The fourth-order valence-electron chi connectivity index (χ4n) is 0.508. The normalized spacial score (nSPS) is 39.8. The number of rotatable bonds is 0. The number of hydrogen-bond donors (Lipinski definition) is 2. The molecule has 1 rings (SSSR count). The molecule has 1 aliphatic heterocycles. The molecule has 2 nitrogen and oxygen atoms in total. The number of hydrogen-bond acceptors (Lipinski definition) is 4. The highest BCUT2D eigenvalue weighted by Crippen LogP contribution is 2.24. The molecular formula is C4H9NOS2. The molecule has 0 aliphatic carbocycles. The lowest BCUT2D eigenvalue weighted by Gasteiger charge is -2.20. The summed E-state index contributed by atoms with van der Waals surface area (Å²) in [6.45, 7) is 0. The maximum Gasteiger partial charge on any atom is 0.108 e. The molecule has 0 aromatic heterocycles. The minimum absolute atomic E-state index is 0.181. The van der Waals surface area contributed by atoms with Gasteiger partial charge in [-0.25, -0.2) is 0 Å². The number of aliphatic hydroxyl groups is 1. The van der Waals surface area contributed by atoms with Gasteiger partial charge in [-0.05, 0) is 0 Å². The number of aliphatic hydroxyl groups excluding tert-OH is 1. The van der Waals surface area contributed by atoms with E-state index in [2.05, 4.69) is 0 Å². The van der Waals surface area contributed by atoms with Gasteiger partial charge in [0.25, 0.3) is 0 Å². The van der Waals surface area contributed by atoms with Crippen LogP contribution in [0.2, 0.25) is 0 Å². The third-order valence-electron chi connectivity index (χ3n) is 0.906. The van der Waals surface area contributed by atoms with Gasteiger partial charge < -0.3 is 10.8 Å². The van der Waals surface area contributed by atoms with Crippen LogP contribution in [0.4, 0.5) is 0 Å². The Morgan fingerprint density at radius 3 is 2.50 bits per heavy atom. The molecule has 0 saturated carbocycles. The molecule has 48 valence electrons. The Balaban J connectivity index is 2.19. The highest BCUT2D eigenvalue weighted by molar-refractivity contribution is 8.06. The Bertz CT molecular complexity index is 62.4. The van der Waals surface area contributed by atoms with Crippen LogP contribution in [0.5, 0.6) is 0 Å². The van der Waals surface area contributed by atoms with E-state index in [1.54, 1.807) is 11.8 Å². The molecule has 1 aliphatic rings. The van der Waals surface area contributed by atoms with Crippen molar-refractivity contribution in [1.29, 1.82) is 0 Å². The zero-order chi connectivity index (χ0) is 5.98. The van der Waals surface area contributed by atoms with Gasteiger partial charge in [0.1, 0.15) is 5.44 Å². The molecule has 1 heterocycles. The summed E-state index contributed by atoms with van der Waals surface area (Å²) >= 11 is 3.17. The summed E-state index contributed by atoms with van der Waals surface area (Å²) < 4.78 is 0. The first-order valence-electron chi connectivity index (χ1n) is 2.46. The second-order valence-electron chi connectivity index (χ2n) is 1.66. The van der Waals surface area contributed by atoms with Crippen molar-refractivity contribution >= 4 is 23.5 Å². The quantitative estimate of drug-likeness (QED) is 0.514. The first kappa shape index (κ1) is 6.74. The Kier molecular flexibility index (Phi) is 2.49. The van der Waals surface area contributed by atoms with Crippen molar-refractivity contribution < 1.29 is 5.11 Å². The summed E-state index contributed by atoms with van der Waals surface area (Å²) in [6, 6.07) is 0. The lowest BCUT2D eigenvalue weighted by molar-refractivity contribution is 0.287. The SMILES string of the molecule is NC1CSC(O)CS1. The maximum atomic E-state index is 8.91. The fourth-order valence-corrected chi connectivity index (χ4v) is 2.57. The zero-order valence-electron chi connectivity index (χ0n) is 4.41. The molecule has 4 heteroatoms. The van der Waals surface area contributed by atoms with Crippen LogP contribution in [0.15, 0.2) is 0 Å². The van der Waals surface area contributed by atoms with Crippen LogP contribution in [-0.4, -0.2) is 27.4 Å². The summed E-state index contributed by atoms with van der Waals surface area (Å²) in [5.74, 6) is 1.66. The van der Waals surface area contributed by atoms with E-state index >= 15 is 0 Å². The van der Waals surface area contributed by atoms with Gasteiger partial charge in [0.2, 0.25) is 0 Å². The van der Waals surface area contributed by atoms with Crippen LogP contribution in [0, 0.1) is 0 Å². The minimum atomic E-state index is -0.181. The molecule has 2 unspecified atom stereocenters. The van der Waals surface area contributed by atoms with Crippen molar-refractivity contribution in [2.75, 3.05) is 11.5 Å². The molecular weight excluding hydrogens is 142 g/mol. The van der Waals surface area contributed by atoms with Crippen LogP contribution in [0.25, 0.3) is 0 Å². The first-order valence-corrected chi connectivity index (χ1v) is 4.55. The van der Waals surface area contributed by atoms with Crippen LogP contribution >= 0.6 is 23.5 Å². The molecule has 1 fully saturated rings. The van der Waals surface area contributed by atoms with Crippen molar-refractivity contribution in [3.8, 4) is 0 Å². The van der Waals surface area contributed by atoms with E-state index in [1.165, 1.54) is 11.8 Å². The molecule has 0 aromatic carbocycles. The summed E-state index contributed by atoms with van der Waals surface area (Å²) in [5.41, 5.74) is 5.35. The van der Waals surface area contributed by atoms with E-state index in [0.717, 1.165) is 11.5 Å². The minimum Gasteiger partial charge on any atom is -0.382 e. The van der Waals surface area contributed by atoms with Crippen LogP contribution in [0.1, 0.15) is 0 Å². The maximum absolute atomic E-state index is 8.91. The summed E-state index contributed by atoms with van der Waals surface area (Å²) in [6.07, 6.45) is 0. The summed E-state index contributed by atoms with van der Waals surface area (Å²) in [7, 11) is 0. The lowest BCUT2D eigenvalue weighted by atomic mass is 10.8. The topological polar surface area (TPSA) is 46.2 Å². The Morgan fingerprint density at radius 2 is 2.12 bits per heavy atom. The second kappa shape index (κ2) is 2.96. The standard InChI is InChI=1S/C4H9NOS2/c5-3-1-8-4(6)2-7-3/h3-4,6H,1-2,5H2. The highest BCUT2D eigenvalue weighted by atomic mass is 32.2. The van der Waals surface area contributed by atoms with Crippen molar-refractivity contribution in [2.45, 2.75) is 10.8 Å². The molecule has 3 N–H and O–H groups in total. The first-order chi connectivity index (χ1) is 3.79. The molecule has 1 saturated heterocycles. The predicted molar refractivity (Wildman–Crippen MR) is 38.9 cm³/mol. The smallest absolute Gasteiger partial charge is 0.108 e. The van der Waals surface area contributed by atoms with Gasteiger partial charge in [-0.15, -0.1) is 23.5 Å². The summed E-state index contributed by atoms with van der Waals surface area (Å²) in [4.78, 5) is 0. The van der Waals surface area contributed by atoms with E-state index in [0.29, 0.717) is 0 Å². The van der Waals surface area contributed by atoms with E-state index < -0.39 is 0 Å². The Labute approximate surface area is 57.2 Å². The van der Waals surface area contributed by atoms with Crippen molar-refractivity contribution in [2.24, 2.45) is 5.73 Å². The number of nitrogens with two attached hydrogens (primary N) is 1. The average molecular weight is 151 g/mol. The third-order valence-corrected chi connectivity index (χ3v) is 3.53. The largest absolute Gasteiger partial charge is 0.382 e. The molecule has 0 spiro atoms. The van der Waals surface area contributed by atoms with E-state index in [1.807, 2.05) is 0 Å². The molecule has 8 heavy (non-hydrogen) atoms. The van der Waals surface area contributed by atoms with Crippen LogP contribution in [-0.2, 0) is 0 Å². The van der Waals surface area contributed by atoms with E-state index in [-0.39, 0.29) is 10.8 Å². The van der Waals surface area contributed by atoms with Crippen molar-refractivity contribution in [1.82, 2.24) is 0 Å². The molecule has 0 aromatic rings. The van der Waals surface area contributed by atoms with Gasteiger partial charge in [0.15, 0.2) is 0 Å². The second-order valence-corrected chi connectivity index (χ2v) is 4.14. The predicted octanol–water partition coefficient (Wildman–Crippen LogP) is 0.0696. The molecule has 0 amide bonds. The molecule has 0 radical (unpaired) electrons. The van der Waals surface area contributed by atoms with Gasteiger partial charge in [-0.1, -0.05) is 0 Å². The monoisotopic (exact) mass is 151 g/mol.